The van der Waals surface area contributed by atoms with Crippen molar-refractivity contribution in [3.05, 3.63) is 22.7 Å². The van der Waals surface area contributed by atoms with E-state index in [-0.39, 0.29) is 6.04 Å². The van der Waals surface area contributed by atoms with Crippen LogP contribution in [0.15, 0.2) is 16.9 Å². The number of halogens is 1. The molecule has 0 aromatic carbocycles. The zero-order valence-corrected chi connectivity index (χ0v) is 8.58. The summed E-state index contributed by atoms with van der Waals surface area (Å²) in [6.45, 7) is 1.98. The van der Waals surface area contributed by atoms with Gasteiger partial charge in [0.15, 0.2) is 0 Å². The summed E-state index contributed by atoms with van der Waals surface area (Å²) in [4.78, 5) is 8.27. The zero-order valence-electron chi connectivity index (χ0n) is 7.00. The zero-order chi connectivity index (χ0) is 8.97. The summed E-state index contributed by atoms with van der Waals surface area (Å²) in [7, 11) is 0. The van der Waals surface area contributed by atoms with Gasteiger partial charge in [-0.2, -0.15) is 0 Å². The summed E-state index contributed by atoms with van der Waals surface area (Å²) in [6.07, 6.45) is 5.29. The van der Waals surface area contributed by atoms with Crippen LogP contribution in [0.2, 0.25) is 0 Å². The molecule has 0 aliphatic rings. The van der Waals surface area contributed by atoms with Crippen LogP contribution in [0.5, 0.6) is 0 Å². The number of hydrogen-bond donors (Lipinski definition) is 1. The first kappa shape index (κ1) is 9.61. The Morgan fingerprint density at radius 3 is 2.58 bits per heavy atom. The summed E-state index contributed by atoms with van der Waals surface area (Å²) in [5, 5.41) is 0. The predicted molar refractivity (Wildman–Crippen MR) is 51.7 cm³/mol. The fourth-order valence-electron chi connectivity index (χ4n) is 0.825. The van der Waals surface area contributed by atoms with Crippen LogP contribution in [0.25, 0.3) is 0 Å². The highest BCUT2D eigenvalue weighted by atomic mass is 79.9. The van der Waals surface area contributed by atoms with E-state index in [2.05, 4.69) is 25.9 Å². The minimum absolute atomic E-state index is 0.220. The smallest absolute Gasteiger partial charge is 0.128 e. The Hall–Kier alpha value is -0.480. The molecule has 0 amide bonds. The molecule has 1 aromatic rings. The van der Waals surface area contributed by atoms with Gasteiger partial charge in [-0.15, -0.1) is 0 Å². The number of rotatable bonds is 3. The van der Waals surface area contributed by atoms with E-state index in [1.807, 2.05) is 6.92 Å². The van der Waals surface area contributed by atoms with Gasteiger partial charge >= 0.3 is 0 Å². The van der Waals surface area contributed by atoms with Crippen molar-refractivity contribution in [2.45, 2.75) is 25.8 Å². The Bertz CT molecular complexity index is 233. The maximum absolute atomic E-state index is 5.61. The van der Waals surface area contributed by atoms with Gasteiger partial charge in [-0.3, -0.25) is 0 Å². The normalized spacial score (nSPS) is 12.9. The van der Waals surface area contributed by atoms with Crippen molar-refractivity contribution in [1.29, 1.82) is 0 Å². The van der Waals surface area contributed by atoms with Crippen molar-refractivity contribution in [2.75, 3.05) is 0 Å². The molecule has 0 radical (unpaired) electrons. The average molecular weight is 230 g/mol. The molecule has 0 saturated heterocycles. The number of aromatic nitrogens is 2. The van der Waals surface area contributed by atoms with Gasteiger partial charge in [-0.05, 0) is 29.3 Å². The first-order chi connectivity index (χ1) is 5.68. The van der Waals surface area contributed by atoms with E-state index in [9.17, 15) is 0 Å². The van der Waals surface area contributed by atoms with Crippen molar-refractivity contribution >= 4 is 15.9 Å². The third-order valence-electron chi connectivity index (χ3n) is 1.50. The van der Waals surface area contributed by atoms with Crippen molar-refractivity contribution in [2.24, 2.45) is 5.73 Å². The van der Waals surface area contributed by atoms with E-state index in [1.165, 1.54) is 0 Å². The minimum atomic E-state index is 0.220. The van der Waals surface area contributed by atoms with Gasteiger partial charge in [0.2, 0.25) is 0 Å². The molecule has 0 aliphatic heterocycles. The lowest BCUT2D eigenvalue weighted by Crippen LogP contribution is -2.16. The van der Waals surface area contributed by atoms with E-state index in [0.717, 1.165) is 23.1 Å². The van der Waals surface area contributed by atoms with Crippen molar-refractivity contribution in [3.8, 4) is 0 Å². The van der Waals surface area contributed by atoms with Crippen LogP contribution in [0.1, 0.15) is 19.2 Å². The molecule has 1 heterocycles. The maximum atomic E-state index is 5.61. The number of nitrogens with two attached hydrogens (primary N) is 1. The fourth-order valence-corrected chi connectivity index (χ4v) is 1.03. The molecule has 0 unspecified atom stereocenters. The maximum Gasteiger partial charge on any atom is 0.128 e. The highest BCUT2D eigenvalue weighted by Crippen LogP contribution is 2.05. The summed E-state index contributed by atoms with van der Waals surface area (Å²) in [5.74, 6) is 0.857. The van der Waals surface area contributed by atoms with Crippen molar-refractivity contribution < 1.29 is 0 Å². The van der Waals surface area contributed by atoms with E-state index in [1.54, 1.807) is 12.4 Å². The molecule has 0 aliphatic carbocycles. The molecule has 1 atom stereocenters. The van der Waals surface area contributed by atoms with Crippen molar-refractivity contribution in [3.63, 3.8) is 0 Å². The highest BCUT2D eigenvalue weighted by molar-refractivity contribution is 9.10. The monoisotopic (exact) mass is 229 g/mol. The molecule has 4 heteroatoms. The van der Waals surface area contributed by atoms with Crippen molar-refractivity contribution in [1.82, 2.24) is 9.97 Å². The quantitative estimate of drug-likeness (QED) is 0.856. The number of aryl methyl sites for hydroxylation is 1. The lowest BCUT2D eigenvalue weighted by Gasteiger charge is -2.02. The number of nitrogens with zero attached hydrogens (tertiary/aromatic N) is 2. The molecule has 2 N–H and O–H groups in total. The third-order valence-corrected chi connectivity index (χ3v) is 1.91. The lowest BCUT2D eigenvalue weighted by molar-refractivity contribution is 0.647. The van der Waals surface area contributed by atoms with Crippen LogP contribution in [-0.2, 0) is 6.42 Å². The van der Waals surface area contributed by atoms with E-state index >= 15 is 0 Å². The third kappa shape index (κ3) is 3.28. The molecular formula is C8H12BrN3. The summed E-state index contributed by atoms with van der Waals surface area (Å²) >= 11 is 3.28. The molecule has 1 aromatic heterocycles. The van der Waals surface area contributed by atoms with Crippen LogP contribution in [0.3, 0.4) is 0 Å². The Balaban J connectivity index is 2.48. The SMILES string of the molecule is C[C@@H](N)CCc1ncc(Br)cn1. The van der Waals surface area contributed by atoms with Gasteiger partial charge in [0.05, 0.1) is 4.47 Å². The Labute approximate surface area is 80.5 Å². The second kappa shape index (κ2) is 4.52. The van der Waals surface area contributed by atoms with Gasteiger partial charge in [0, 0.05) is 24.9 Å². The lowest BCUT2D eigenvalue weighted by atomic mass is 10.2. The Morgan fingerprint density at radius 2 is 2.08 bits per heavy atom. The Morgan fingerprint density at radius 1 is 1.50 bits per heavy atom. The van der Waals surface area contributed by atoms with Gasteiger partial charge < -0.3 is 5.73 Å². The largest absolute Gasteiger partial charge is 0.328 e. The molecular weight excluding hydrogens is 218 g/mol. The molecule has 3 nitrogen and oxygen atoms in total. The Kier molecular flexibility index (Phi) is 3.62. The van der Waals surface area contributed by atoms with E-state index in [0.29, 0.717) is 0 Å². The molecule has 0 spiro atoms. The van der Waals surface area contributed by atoms with Crippen LogP contribution in [0.4, 0.5) is 0 Å². The van der Waals surface area contributed by atoms with Crippen LogP contribution in [0, 0.1) is 0 Å². The van der Waals surface area contributed by atoms with E-state index < -0.39 is 0 Å². The summed E-state index contributed by atoms with van der Waals surface area (Å²) in [6, 6.07) is 0.220. The van der Waals surface area contributed by atoms with Gasteiger partial charge in [-0.25, -0.2) is 9.97 Å². The highest BCUT2D eigenvalue weighted by Gasteiger charge is 1.98. The van der Waals surface area contributed by atoms with Gasteiger partial charge in [-0.1, -0.05) is 0 Å². The van der Waals surface area contributed by atoms with Crippen LogP contribution in [-0.4, -0.2) is 16.0 Å². The van der Waals surface area contributed by atoms with Gasteiger partial charge in [0.25, 0.3) is 0 Å². The molecule has 0 fully saturated rings. The fraction of sp³-hybridized carbons (Fsp3) is 0.500. The molecule has 12 heavy (non-hydrogen) atoms. The molecule has 0 bridgehead atoms. The topological polar surface area (TPSA) is 51.8 Å². The summed E-state index contributed by atoms with van der Waals surface area (Å²) in [5.41, 5.74) is 5.61. The second-order valence-electron chi connectivity index (χ2n) is 2.83. The first-order valence-electron chi connectivity index (χ1n) is 3.90. The molecule has 1 rings (SSSR count). The number of hydrogen-bond acceptors (Lipinski definition) is 3. The summed E-state index contributed by atoms with van der Waals surface area (Å²) < 4.78 is 0.909. The molecule has 0 saturated carbocycles. The van der Waals surface area contributed by atoms with Gasteiger partial charge in [0.1, 0.15) is 5.82 Å². The van der Waals surface area contributed by atoms with Crippen LogP contribution >= 0.6 is 15.9 Å². The van der Waals surface area contributed by atoms with Crippen LogP contribution < -0.4 is 5.73 Å². The minimum Gasteiger partial charge on any atom is -0.328 e. The predicted octanol–water partition coefficient (Wildman–Crippen LogP) is 1.52. The second-order valence-corrected chi connectivity index (χ2v) is 3.75. The first-order valence-corrected chi connectivity index (χ1v) is 4.70. The average Bonchev–Trinajstić information content (AvgIpc) is 2.03. The van der Waals surface area contributed by atoms with E-state index in [4.69, 9.17) is 5.73 Å². The molecule has 66 valence electrons. The standard InChI is InChI=1S/C8H12BrN3/c1-6(10)2-3-8-11-4-7(9)5-12-8/h4-6H,2-3,10H2,1H3/t6-/m1/s1.